The minimum Gasteiger partial charge on any atom is -0.507 e. The van der Waals surface area contributed by atoms with Gasteiger partial charge in [-0.25, -0.2) is 0 Å². The number of rotatable bonds is 3. The van der Waals surface area contributed by atoms with Crippen LogP contribution in [0.15, 0.2) is 6.07 Å². The van der Waals surface area contributed by atoms with E-state index in [0.717, 1.165) is 5.56 Å². The first-order valence-corrected chi connectivity index (χ1v) is 5.18. The zero-order chi connectivity index (χ0) is 11.6. The molecular formula is C11H16ClNO2. The average Bonchev–Trinajstić information content (AvgIpc) is 2.15. The first-order chi connectivity index (χ1) is 6.99. The Bertz CT molecular complexity index is 366. The molecule has 0 bridgehead atoms. The van der Waals surface area contributed by atoms with Crippen molar-refractivity contribution < 1.29 is 10.2 Å². The van der Waals surface area contributed by atoms with Crippen molar-refractivity contribution in [2.75, 3.05) is 13.6 Å². The maximum atomic E-state index is 9.84. The first kappa shape index (κ1) is 12.3. The number of likely N-dealkylation sites (N-methyl/N-ethyl adjacent to an activating group) is 1. The molecule has 0 amide bonds. The van der Waals surface area contributed by atoms with E-state index in [2.05, 4.69) is 5.32 Å². The van der Waals surface area contributed by atoms with Crippen LogP contribution in [0.5, 0.6) is 5.75 Å². The fourth-order valence-electron chi connectivity index (χ4n) is 1.64. The van der Waals surface area contributed by atoms with Crippen molar-refractivity contribution in [1.29, 1.82) is 0 Å². The molecule has 0 spiro atoms. The van der Waals surface area contributed by atoms with Crippen molar-refractivity contribution in [1.82, 2.24) is 5.32 Å². The van der Waals surface area contributed by atoms with Gasteiger partial charge in [-0.2, -0.15) is 0 Å². The van der Waals surface area contributed by atoms with Crippen LogP contribution in [-0.2, 0) is 0 Å². The molecule has 4 heteroatoms. The van der Waals surface area contributed by atoms with Gasteiger partial charge in [-0.15, -0.1) is 0 Å². The Labute approximate surface area is 94.7 Å². The number of hydrogen-bond acceptors (Lipinski definition) is 3. The van der Waals surface area contributed by atoms with Crippen LogP contribution in [0.1, 0.15) is 22.8 Å². The zero-order valence-electron chi connectivity index (χ0n) is 9.13. The normalized spacial score (nSPS) is 12.9. The predicted molar refractivity (Wildman–Crippen MR) is 61.5 cm³/mol. The number of benzene rings is 1. The minimum atomic E-state index is -0.700. The summed E-state index contributed by atoms with van der Waals surface area (Å²) in [7, 11) is 1.75. The predicted octanol–water partition coefficient (Wildman–Crippen LogP) is 1.92. The molecule has 0 aromatic heterocycles. The summed E-state index contributed by atoms with van der Waals surface area (Å²) in [4.78, 5) is 0. The van der Waals surface area contributed by atoms with Crippen molar-refractivity contribution in [3.8, 4) is 5.75 Å². The highest BCUT2D eigenvalue weighted by molar-refractivity contribution is 6.31. The number of hydrogen-bond donors (Lipinski definition) is 3. The van der Waals surface area contributed by atoms with Gasteiger partial charge in [-0.3, -0.25) is 0 Å². The standard InChI is InChI=1S/C11H16ClNO2/c1-6-4-8(12)10(7(2)11(6)15)9(14)5-13-3/h4,9,13-15H,5H2,1-3H3. The van der Waals surface area contributed by atoms with Crippen molar-refractivity contribution in [2.45, 2.75) is 20.0 Å². The van der Waals surface area contributed by atoms with Crippen LogP contribution < -0.4 is 5.32 Å². The van der Waals surface area contributed by atoms with Crippen LogP contribution in [-0.4, -0.2) is 23.8 Å². The number of aryl methyl sites for hydroxylation is 1. The third-order valence-corrected chi connectivity index (χ3v) is 2.78. The molecule has 0 aliphatic rings. The molecule has 1 unspecified atom stereocenters. The summed E-state index contributed by atoms with van der Waals surface area (Å²) < 4.78 is 0. The molecule has 3 nitrogen and oxygen atoms in total. The molecule has 0 aliphatic carbocycles. The monoisotopic (exact) mass is 229 g/mol. The van der Waals surface area contributed by atoms with Gasteiger partial charge in [0, 0.05) is 17.1 Å². The Morgan fingerprint density at radius 3 is 2.60 bits per heavy atom. The highest BCUT2D eigenvalue weighted by Gasteiger charge is 2.17. The lowest BCUT2D eigenvalue weighted by atomic mass is 9.99. The Morgan fingerprint density at radius 2 is 2.07 bits per heavy atom. The van der Waals surface area contributed by atoms with Gasteiger partial charge in [0.1, 0.15) is 5.75 Å². The molecule has 0 saturated carbocycles. The van der Waals surface area contributed by atoms with E-state index in [9.17, 15) is 10.2 Å². The Hall–Kier alpha value is -0.770. The summed E-state index contributed by atoms with van der Waals surface area (Å²) >= 11 is 6.04. The molecule has 1 aromatic carbocycles. The van der Waals surface area contributed by atoms with Crippen LogP contribution >= 0.6 is 11.6 Å². The maximum absolute atomic E-state index is 9.84. The van der Waals surface area contributed by atoms with Gasteiger partial charge in [0.15, 0.2) is 0 Å². The van der Waals surface area contributed by atoms with Crippen LogP contribution in [0, 0.1) is 13.8 Å². The molecule has 1 rings (SSSR count). The molecule has 0 radical (unpaired) electrons. The average molecular weight is 230 g/mol. The second-order valence-electron chi connectivity index (χ2n) is 3.64. The van der Waals surface area contributed by atoms with Gasteiger partial charge >= 0.3 is 0 Å². The summed E-state index contributed by atoms with van der Waals surface area (Å²) in [5, 5.41) is 22.9. The van der Waals surface area contributed by atoms with E-state index >= 15 is 0 Å². The quantitative estimate of drug-likeness (QED) is 0.742. The largest absolute Gasteiger partial charge is 0.507 e. The van der Waals surface area contributed by atoms with Crippen molar-refractivity contribution >= 4 is 11.6 Å². The fraction of sp³-hybridized carbons (Fsp3) is 0.455. The van der Waals surface area contributed by atoms with Crippen molar-refractivity contribution in [2.24, 2.45) is 0 Å². The number of halogens is 1. The topological polar surface area (TPSA) is 52.5 Å². The highest BCUT2D eigenvalue weighted by Crippen LogP contribution is 2.34. The number of aromatic hydroxyl groups is 1. The fourth-order valence-corrected chi connectivity index (χ4v) is 2.07. The summed E-state index contributed by atoms with van der Waals surface area (Å²) in [5.74, 6) is 0.199. The first-order valence-electron chi connectivity index (χ1n) is 4.80. The molecule has 0 saturated heterocycles. The summed E-state index contributed by atoms with van der Waals surface area (Å²) in [5.41, 5.74) is 1.95. The van der Waals surface area contributed by atoms with Crippen molar-refractivity contribution in [3.05, 3.63) is 27.8 Å². The van der Waals surface area contributed by atoms with E-state index in [0.29, 0.717) is 22.7 Å². The van der Waals surface area contributed by atoms with E-state index in [4.69, 9.17) is 11.6 Å². The molecule has 0 heterocycles. The summed E-state index contributed by atoms with van der Waals surface area (Å²) in [6, 6.07) is 1.66. The molecule has 1 aromatic rings. The molecule has 0 aliphatic heterocycles. The lowest BCUT2D eigenvalue weighted by Gasteiger charge is -2.17. The smallest absolute Gasteiger partial charge is 0.121 e. The highest BCUT2D eigenvalue weighted by atomic mass is 35.5. The zero-order valence-corrected chi connectivity index (χ0v) is 9.89. The van der Waals surface area contributed by atoms with Crippen LogP contribution in [0.25, 0.3) is 0 Å². The number of nitrogens with one attached hydrogen (secondary N) is 1. The Balaban J connectivity index is 3.23. The lowest BCUT2D eigenvalue weighted by Crippen LogP contribution is -2.18. The van der Waals surface area contributed by atoms with E-state index in [1.807, 2.05) is 0 Å². The van der Waals surface area contributed by atoms with Crippen LogP contribution in [0.3, 0.4) is 0 Å². The molecular weight excluding hydrogens is 214 g/mol. The van der Waals surface area contributed by atoms with Gasteiger partial charge in [-0.05, 0) is 38.1 Å². The third kappa shape index (κ3) is 2.43. The molecule has 1 atom stereocenters. The van der Waals surface area contributed by atoms with Gasteiger partial charge < -0.3 is 15.5 Å². The SMILES string of the molecule is CNCC(O)c1c(Cl)cc(C)c(O)c1C. The number of phenolic OH excluding ortho intramolecular Hbond substituents is 1. The van der Waals surface area contributed by atoms with Crippen LogP contribution in [0.4, 0.5) is 0 Å². The second-order valence-corrected chi connectivity index (χ2v) is 4.04. The molecule has 84 valence electrons. The molecule has 15 heavy (non-hydrogen) atoms. The van der Waals surface area contributed by atoms with Crippen molar-refractivity contribution in [3.63, 3.8) is 0 Å². The van der Waals surface area contributed by atoms with Gasteiger partial charge in [0.05, 0.1) is 6.10 Å². The number of aliphatic hydroxyl groups is 1. The van der Waals surface area contributed by atoms with Gasteiger partial charge in [-0.1, -0.05) is 11.6 Å². The van der Waals surface area contributed by atoms with Gasteiger partial charge in [0.2, 0.25) is 0 Å². The molecule has 3 N–H and O–H groups in total. The molecule has 0 fully saturated rings. The van der Waals surface area contributed by atoms with Gasteiger partial charge in [0.25, 0.3) is 0 Å². The Kier molecular flexibility index (Phi) is 3.97. The van der Waals surface area contributed by atoms with E-state index < -0.39 is 6.10 Å². The Morgan fingerprint density at radius 1 is 1.47 bits per heavy atom. The minimum absolute atomic E-state index is 0.199. The van der Waals surface area contributed by atoms with Crippen LogP contribution in [0.2, 0.25) is 5.02 Å². The van der Waals surface area contributed by atoms with E-state index in [1.165, 1.54) is 0 Å². The van der Waals surface area contributed by atoms with E-state index in [1.54, 1.807) is 27.0 Å². The van der Waals surface area contributed by atoms with E-state index in [-0.39, 0.29) is 5.75 Å². The second kappa shape index (κ2) is 4.84. The maximum Gasteiger partial charge on any atom is 0.121 e. The number of phenols is 1. The third-order valence-electron chi connectivity index (χ3n) is 2.46. The lowest BCUT2D eigenvalue weighted by molar-refractivity contribution is 0.176. The summed E-state index contributed by atoms with van der Waals surface area (Å²) in [6.45, 7) is 3.94. The number of aliphatic hydroxyl groups excluding tert-OH is 1. The summed E-state index contributed by atoms with van der Waals surface area (Å²) in [6.07, 6.45) is -0.700.